The number of carbonyl (C=O) groups is 2. The highest BCUT2D eigenvalue weighted by atomic mass is 16.2. The third-order valence-electron chi connectivity index (χ3n) is 7.37. The van der Waals surface area contributed by atoms with E-state index in [4.69, 9.17) is 0 Å². The molecule has 2 aromatic rings. The molecule has 6 nitrogen and oxygen atoms in total. The van der Waals surface area contributed by atoms with Crippen LogP contribution in [0.15, 0.2) is 42.5 Å². The summed E-state index contributed by atoms with van der Waals surface area (Å²) in [6, 6.07) is 15.9. The van der Waals surface area contributed by atoms with Crippen LogP contribution in [0.1, 0.15) is 36.8 Å². The van der Waals surface area contributed by atoms with Gasteiger partial charge < -0.3 is 15.5 Å². The summed E-state index contributed by atoms with van der Waals surface area (Å²) in [5.41, 5.74) is 4.67. The van der Waals surface area contributed by atoms with E-state index in [1.54, 1.807) is 4.90 Å². The van der Waals surface area contributed by atoms with Crippen molar-refractivity contribution in [3.63, 3.8) is 0 Å². The summed E-state index contributed by atoms with van der Waals surface area (Å²) in [7, 11) is 1.81. The Morgan fingerprint density at radius 2 is 2.06 bits per heavy atom. The van der Waals surface area contributed by atoms with Gasteiger partial charge in [-0.05, 0) is 60.0 Å². The smallest absolute Gasteiger partial charge is 0.241 e. The van der Waals surface area contributed by atoms with Gasteiger partial charge in [0.15, 0.2) is 0 Å². The van der Waals surface area contributed by atoms with Crippen LogP contribution < -0.4 is 15.5 Å². The first kappa shape index (κ1) is 20.7. The fraction of sp³-hybridized carbons (Fsp3) is 0.423. The first-order valence-electron chi connectivity index (χ1n) is 11.4. The lowest BCUT2D eigenvalue weighted by Crippen LogP contribution is -2.56. The van der Waals surface area contributed by atoms with Gasteiger partial charge in [0.05, 0.1) is 18.0 Å². The number of hydrogen-bond acceptors (Lipinski definition) is 4. The van der Waals surface area contributed by atoms with E-state index in [2.05, 4.69) is 22.8 Å². The lowest BCUT2D eigenvalue weighted by atomic mass is 9.79. The van der Waals surface area contributed by atoms with E-state index in [0.717, 1.165) is 53.7 Å². The van der Waals surface area contributed by atoms with E-state index < -0.39 is 11.6 Å². The molecule has 2 aliphatic heterocycles. The van der Waals surface area contributed by atoms with Gasteiger partial charge in [-0.15, -0.1) is 0 Å². The number of nitriles is 1. The fourth-order valence-corrected chi connectivity index (χ4v) is 5.47. The van der Waals surface area contributed by atoms with Crippen LogP contribution in [0.2, 0.25) is 0 Å². The van der Waals surface area contributed by atoms with E-state index in [9.17, 15) is 14.9 Å². The van der Waals surface area contributed by atoms with Gasteiger partial charge in [-0.3, -0.25) is 9.59 Å². The van der Waals surface area contributed by atoms with Gasteiger partial charge in [-0.2, -0.15) is 5.26 Å². The van der Waals surface area contributed by atoms with Gasteiger partial charge in [0, 0.05) is 19.2 Å². The zero-order valence-electron chi connectivity index (χ0n) is 18.4. The first-order valence-corrected chi connectivity index (χ1v) is 11.4. The topological polar surface area (TPSA) is 85.2 Å². The lowest BCUT2D eigenvalue weighted by Gasteiger charge is -2.32. The minimum atomic E-state index is -0.551. The Balaban J connectivity index is 1.26. The molecule has 2 heterocycles. The van der Waals surface area contributed by atoms with E-state index in [1.165, 1.54) is 6.42 Å². The summed E-state index contributed by atoms with van der Waals surface area (Å²) in [5, 5.41) is 16.1. The predicted molar refractivity (Wildman–Crippen MR) is 123 cm³/mol. The van der Waals surface area contributed by atoms with Crippen molar-refractivity contribution in [2.75, 3.05) is 18.5 Å². The number of amides is 2. The Hall–Kier alpha value is -3.17. The average molecular weight is 429 g/mol. The molecular formula is C26H28N4O2. The van der Waals surface area contributed by atoms with Crippen molar-refractivity contribution in [1.82, 2.24) is 10.6 Å². The Morgan fingerprint density at radius 1 is 1.28 bits per heavy atom. The highest BCUT2D eigenvalue weighted by Crippen LogP contribution is 2.37. The zero-order valence-corrected chi connectivity index (χ0v) is 18.4. The molecule has 5 rings (SSSR count). The molecule has 3 aliphatic rings. The third-order valence-corrected chi connectivity index (χ3v) is 7.37. The van der Waals surface area contributed by atoms with E-state index in [0.29, 0.717) is 18.8 Å². The number of carbonyl (C=O) groups excluding carboxylic acids is 2. The average Bonchev–Trinajstić information content (AvgIpc) is 3.28. The molecule has 0 unspecified atom stereocenters. The van der Waals surface area contributed by atoms with Crippen LogP contribution in [0.5, 0.6) is 0 Å². The Labute approximate surface area is 188 Å². The van der Waals surface area contributed by atoms with Crippen LogP contribution in [0.4, 0.5) is 5.69 Å². The van der Waals surface area contributed by atoms with Crippen LogP contribution in [0.25, 0.3) is 11.1 Å². The van der Waals surface area contributed by atoms with Gasteiger partial charge in [0.2, 0.25) is 11.8 Å². The molecule has 3 atom stereocenters. The van der Waals surface area contributed by atoms with Crippen LogP contribution in [-0.2, 0) is 22.4 Å². The predicted octanol–water partition coefficient (Wildman–Crippen LogP) is 2.96. The van der Waals surface area contributed by atoms with Crippen molar-refractivity contribution in [2.24, 2.45) is 5.92 Å². The third kappa shape index (κ3) is 3.67. The van der Waals surface area contributed by atoms with E-state index in [-0.39, 0.29) is 11.8 Å². The van der Waals surface area contributed by atoms with Crippen LogP contribution in [-0.4, -0.2) is 37.0 Å². The number of hydrogen-bond donors (Lipinski definition) is 2. The minimum absolute atomic E-state index is 0.0281. The molecule has 6 heteroatoms. The van der Waals surface area contributed by atoms with E-state index >= 15 is 0 Å². The molecule has 2 amide bonds. The van der Waals surface area contributed by atoms with Crippen molar-refractivity contribution < 1.29 is 9.59 Å². The summed E-state index contributed by atoms with van der Waals surface area (Å²) in [4.78, 5) is 26.6. The van der Waals surface area contributed by atoms with Crippen molar-refractivity contribution in [3.05, 3.63) is 53.6 Å². The monoisotopic (exact) mass is 428 g/mol. The molecule has 0 spiro atoms. The summed E-state index contributed by atoms with van der Waals surface area (Å²) in [6.45, 7) is 0.902. The number of fused-ring (bicyclic) bond motifs is 3. The lowest BCUT2D eigenvalue weighted by molar-refractivity contribution is -0.128. The molecule has 0 aromatic heterocycles. The van der Waals surface area contributed by atoms with Crippen molar-refractivity contribution in [2.45, 2.75) is 50.1 Å². The summed E-state index contributed by atoms with van der Waals surface area (Å²) >= 11 is 0. The quantitative estimate of drug-likeness (QED) is 0.767. The SMILES string of the molecule is CN1C(=O)Cc2ccc(-c3ccc(C[C@@H](C#N)NC(=O)[C@]45CCC[C@@H](CN4)C5)cc3)cc21. The Bertz CT molecular complexity index is 1100. The second-order valence-corrected chi connectivity index (χ2v) is 9.45. The van der Waals surface area contributed by atoms with Crippen LogP contribution in [0, 0.1) is 17.2 Å². The van der Waals surface area contributed by atoms with Gasteiger partial charge in [0.25, 0.3) is 0 Å². The first-order chi connectivity index (χ1) is 15.5. The summed E-state index contributed by atoms with van der Waals surface area (Å²) < 4.78 is 0. The molecule has 2 bridgehead atoms. The molecular weight excluding hydrogens is 400 g/mol. The zero-order chi connectivity index (χ0) is 22.3. The number of benzene rings is 2. The second-order valence-electron chi connectivity index (χ2n) is 9.45. The van der Waals surface area contributed by atoms with Gasteiger partial charge in [0.1, 0.15) is 6.04 Å². The van der Waals surface area contributed by atoms with Gasteiger partial charge >= 0.3 is 0 Å². The van der Waals surface area contributed by atoms with E-state index in [1.807, 2.05) is 43.4 Å². The van der Waals surface area contributed by atoms with Crippen molar-refractivity contribution in [3.8, 4) is 17.2 Å². The number of nitrogens with zero attached hydrogens (tertiary/aromatic N) is 2. The van der Waals surface area contributed by atoms with Gasteiger partial charge in [-0.25, -0.2) is 0 Å². The van der Waals surface area contributed by atoms with Crippen molar-refractivity contribution in [1.29, 1.82) is 5.26 Å². The molecule has 0 radical (unpaired) electrons. The number of nitrogens with one attached hydrogen (secondary N) is 2. The largest absolute Gasteiger partial charge is 0.338 e. The molecule has 164 valence electrons. The summed E-state index contributed by atoms with van der Waals surface area (Å²) in [6.07, 6.45) is 4.92. The summed E-state index contributed by atoms with van der Waals surface area (Å²) in [5.74, 6) is 0.674. The standard InChI is InChI=1S/C26H28N4O2/c1-30-23-12-20(8-9-21(23)13-24(30)31)19-6-4-17(5-7-19)11-22(15-27)29-25(32)26-10-2-3-18(14-26)16-28-26/h4-9,12,18,22,28H,2-3,10-11,13-14,16H2,1H3,(H,29,32)/t18-,22+,26-/m1/s1. The number of likely N-dealkylation sites (N-methyl/N-ethyl adjacent to an activating group) is 1. The maximum absolute atomic E-state index is 13.0. The second kappa shape index (κ2) is 8.07. The normalized spacial score (nSPS) is 24.7. The fourth-order valence-electron chi connectivity index (χ4n) is 5.47. The maximum atomic E-state index is 13.0. The molecule has 2 aromatic carbocycles. The molecule has 1 saturated carbocycles. The number of rotatable bonds is 5. The Kier molecular flexibility index (Phi) is 5.22. The van der Waals surface area contributed by atoms with Crippen molar-refractivity contribution >= 4 is 17.5 Å². The molecule has 1 aliphatic carbocycles. The molecule has 32 heavy (non-hydrogen) atoms. The molecule has 1 saturated heterocycles. The van der Waals surface area contributed by atoms with Gasteiger partial charge in [-0.1, -0.05) is 42.8 Å². The van der Waals surface area contributed by atoms with Crippen LogP contribution in [0.3, 0.4) is 0 Å². The number of anilines is 1. The Morgan fingerprint density at radius 3 is 2.84 bits per heavy atom. The van der Waals surface area contributed by atoms with Crippen LogP contribution >= 0.6 is 0 Å². The molecule has 2 fully saturated rings. The maximum Gasteiger partial charge on any atom is 0.241 e. The highest BCUT2D eigenvalue weighted by Gasteiger charge is 2.47. The minimum Gasteiger partial charge on any atom is -0.338 e. The highest BCUT2D eigenvalue weighted by molar-refractivity contribution is 6.01. The molecule has 2 N–H and O–H groups in total.